The van der Waals surface area contributed by atoms with Crippen LogP contribution in [0.4, 0.5) is 0 Å². The Kier molecular flexibility index (Phi) is 5.60. The topological polar surface area (TPSA) is 18.1 Å². The molecule has 0 N–H and O–H groups in total. The second-order valence-corrected chi connectivity index (χ2v) is 15.2. The molecule has 0 amide bonds. The summed E-state index contributed by atoms with van der Waals surface area (Å²) in [5.74, 6) is 0. The van der Waals surface area contributed by atoms with Crippen molar-refractivity contribution in [3.8, 4) is 27.9 Å². The molecular formula is C51H33NO. The van der Waals surface area contributed by atoms with Gasteiger partial charge in [0.25, 0.3) is 0 Å². The standard InChI is InChI=1S/C51H33NO/c1-51(2)49-38(39-26-28-46-48(50(39)51)41-16-8-10-18-45(41)53-46)25-27-44-47(49)40-15-7-9-17-43(40)52(44)32-22-19-30(20-23-32)31-21-24-37-35-13-4-3-11-33(35)34-12-5-6-14-36(34)42(37)29-31/h3-29H,1-2H3. The molecule has 2 nitrogen and oxygen atoms in total. The lowest BCUT2D eigenvalue weighted by atomic mass is 9.79. The first-order valence-electron chi connectivity index (χ1n) is 18.5. The van der Waals surface area contributed by atoms with E-state index in [0.717, 1.165) is 16.9 Å². The Morgan fingerprint density at radius 3 is 1.66 bits per heavy atom. The summed E-state index contributed by atoms with van der Waals surface area (Å²) in [6.45, 7) is 4.80. The fraction of sp³-hybridized carbons (Fsp3) is 0.0588. The molecule has 53 heavy (non-hydrogen) atoms. The molecule has 248 valence electrons. The van der Waals surface area contributed by atoms with Crippen LogP contribution in [0.2, 0.25) is 0 Å². The van der Waals surface area contributed by atoms with Crippen molar-refractivity contribution in [2.24, 2.45) is 0 Å². The van der Waals surface area contributed by atoms with E-state index in [0.29, 0.717) is 0 Å². The Labute approximate surface area is 306 Å². The lowest BCUT2D eigenvalue weighted by molar-refractivity contribution is 0.660. The molecule has 2 aromatic heterocycles. The van der Waals surface area contributed by atoms with Gasteiger partial charge in [-0.3, -0.25) is 0 Å². The summed E-state index contributed by atoms with van der Waals surface area (Å²) >= 11 is 0. The van der Waals surface area contributed by atoms with Crippen molar-refractivity contribution in [1.29, 1.82) is 0 Å². The summed E-state index contributed by atoms with van der Waals surface area (Å²) in [5.41, 5.74) is 13.1. The van der Waals surface area contributed by atoms with Gasteiger partial charge in [-0.25, -0.2) is 0 Å². The first kappa shape index (κ1) is 29.0. The second-order valence-electron chi connectivity index (χ2n) is 15.2. The van der Waals surface area contributed by atoms with E-state index in [2.05, 4.69) is 182 Å². The highest BCUT2D eigenvalue weighted by Crippen LogP contribution is 2.56. The average Bonchev–Trinajstić information content (AvgIpc) is 3.83. The number of rotatable bonds is 2. The number of furan rings is 1. The highest BCUT2D eigenvalue weighted by Gasteiger charge is 2.40. The third kappa shape index (κ3) is 3.77. The van der Waals surface area contributed by atoms with Gasteiger partial charge in [0.1, 0.15) is 11.2 Å². The Hall–Kier alpha value is -6.64. The average molecular weight is 676 g/mol. The van der Waals surface area contributed by atoms with E-state index in [1.54, 1.807) is 0 Å². The van der Waals surface area contributed by atoms with Gasteiger partial charge in [-0.2, -0.15) is 0 Å². The van der Waals surface area contributed by atoms with Crippen LogP contribution in [0.5, 0.6) is 0 Å². The van der Waals surface area contributed by atoms with Gasteiger partial charge in [-0.1, -0.05) is 135 Å². The molecule has 0 saturated carbocycles. The number of fused-ring (bicyclic) bond motifs is 17. The third-order valence-corrected chi connectivity index (χ3v) is 12.1. The molecule has 9 aromatic carbocycles. The van der Waals surface area contributed by atoms with Crippen LogP contribution >= 0.6 is 0 Å². The molecule has 12 rings (SSSR count). The predicted molar refractivity (Wildman–Crippen MR) is 224 cm³/mol. The van der Waals surface area contributed by atoms with Crippen molar-refractivity contribution >= 4 is 76.1 Å². The lowest BCUT2D eigenvalue weighted by Crippen LogP contribution is -2.16. The van der Waals surface area contributed by atoms with Gasteiger partial charge >= 0.3 is 0 Å². The number of hydrogen-bond acceptors (Lipinski definition) is 1. The molecule has 0 unspecified atom stereocenters. The second kappa shape index (κ2) is 10.2. The minimum Gasteiger partial charge on any atom is -0.456 e. The van der Waals surface area contributed by atoms with Gasteiger partial charge in [0.15, 0.2) is 0 Å². The van der Waals surface area contributed by atoms with Gasteiger partial charge in [-0.05, 0) is 108 Å². The van der Waals surface area contributed by atoms with E-state index in [-0.39, 0.29) is 5.41 Å². The molecule has 0 spiro atoms. The zero-order valence-electron chi connectivity index (χ0n) is 29.4. The summed E-state index contributed by atoms with van der Waals surface area (Å²) in [6, 6.07) is 60.2. The minimum absolute atomic E-state index is 0.235. The zero-order valence-corrected chi connectivity index (χ0v) is 29.4. The normalized spacial score (nSPS) is 13.6. The molecule has 0 aliphatic heterocycles. The van der Waals surface area contributed by atoms with E-state index in [1.807, 2.05) is 0 Å². The SMILES string of the molecule is CC1(C)c2c(ccc3oc4ccccc4c23)-c2ccc3c(c21)c1ccccc1n3-c1ccc(-c2ccc3c4ccccc4c4ccccc4c3c2)cc1. The summed E-state index contributed by atoms with van der Waals surface area (Å²) < 4.78 is 8.84. The van der Waals surface area contributed by atoms with E-state index in [9.17, 15) is 0 Å². The molecule has 0 radical (unpaired) electrons. The molecule has 0 bridgehead atoms. The van der Waals surface area contributed by atoms with Crippen LogP contribution < -0.4 is 0 Å². The van der Waals surface area contributed by atoms with E-state index < -0.39 is 0 Å². The summed E-state index contributed by atoms with van der Waals surface area (Å²) in [6.07, 6.45) is 0. The smallest absolute Gasteiger partial charge is 0.135 e. The summed E-state index contributed by atoms with van der Waals surface area (Å²) in [4.78, 5) is 0. The number of para-hydroxylation sites is 2. The fourth-order valence-electron chi connectivity index (χ4n) is 9.92. The molecular weight excluding hydrogens is 643 g/mol. The van der Waals surface area contributed by atoms with Crippen LogP contribution in [0.3, 0.4) is 0 Å². The summed E-state index contributed by atoms with van der Waals surface area (Å²) in [7, 11) is 0. The van der Waals surface area contributed by atoms with Crippen molar-refractivity contribution in [3.05, 3.63) is 175 Å². The number of aromatic nitrogens is 1. The van der Waals surface area contributed by atoms with E-state index >= 15 is 0 Å². The monoisotopic (exact) mass is 675 g/mol. The molecule has 0 atom stereocenters. The Balaban J connectivity index is 1.04. The quantitative estimate of drug-likeness (QED) is 0.167. The zero-order chi connectivity index (χ0) is 35.0. The first-order chi connectivity index (χ1) is 26.1. The molecule has 0 fully saturated rings. The van der Waals surface area contributed by atoms with Gasteiger partial charge in [0, 0.05) is 32.6 Å². The van der Waals surface area contributed by atoms with Crippen LogP contribution in [0, 0.1) is 0 Å². The van der Waals surface area contributed by atoms with Crippen molar-refractivity contribution < 1.29 is 4.42 Å². The molecule has 1 aliphatic rings. The predicted octanol–water partition coefficient (Wildman–Crippen LogP) is 14.1. The molecule has 2 heterocycles. The lowest BCUT2D eigenvalue weighted by Gasteiger charge is -2.23. The minimum atomic E-state index is -0.235. The van der Waals surface area contributed by atoms with Crippen LogP contribution in [-0.4, -0.2) is 4.57 Å². The highest BCUT2D eigenvalue weighted by molar-refractivity contribution is 6.26. The first-order valence-corrected chi connectivity index (χ1v) is 18.5. The van der Waals surface area contributed by atoms with Gasteiger partial charge < -0.3 is 8.98 Å². The molecule has 11 aromatic rings. The van der Waals surface area contributed by atoms with Gasteiger partial charge in [-0.15, -0.1) is 0 Å². The van der Waals surface area contributed by atoms with Gasteiger partial charge in [0.2, 0.25) is 0 Å². The molecule has 1 aliphatic carbocycles. The summed E-state index contributed by atoms with van der Waals surface area (Å²) in [5, 5.41) is 12.8. The maximum Gasteiger partial charge on any atom is 0.135 e. The van der Waals surface area contributed by atoms with Crippen LogP contribution in [0.15, 0.2) is 168 Å². The van der Waals surface area contributed by atoms with Crippen LogP contribution in [0.1, 0.15) is 25.0 Å². The number of nitrogens with zero attached hydrogens (tertiary/aromatic N) is 1. The van der Waals surface area contributed by atoms with Gasteiger partial charge in [0.05, 0.1) is 11.0 Å². The van der Waals surface area contributed by atoms with Crippen molar-refractivity contribution in [3.63, 3.8) is 0 Å². The third-order valence-electron chi connectivity index (χ3n) is 12.1. The van der Waals surface area contributed by atoms with Crippen molar-refractivity contribution in [2.45, 2.75) is 19.3 Å². The van der Waals surface area contributed by atoms with Crippen LogP contribution in [-0.2, 0) is 5.41 Å². The highest BCUT2D eigenvalue weighted by atomic mass is 16.3. The Morgan fingerprint density at radius 1 is 0.396 bits per heavy atom. The maximum absolute atomic E-state index is 6.38. The maximum atomic E-state index is 6.38. The number of hydrogen-bond donors (Lipinski definition) is 0. The fourth-order valence-corrected chi connectivity index (χ4v) is 9.92. The Bertz CT molecular complexity index is 3320. The number of benzene rings is 9. The van der Waals surface area contributed by atoms with E-state index in [4.69, 9.17) is 4.42 Å². The Morgan fingerprint density at radius 2 is 0.943 bits per heavy atom. The molecule has 0 saturated heterocycles. The largest absolute Gasteiger partial charge is 0.456 e. The van der Waals surface area contributed by atoms with Crippen molar-refractivity contribution in [1.82, 2.24) is 4.57 Å². The van der Waals surface area contributed by atoms with Crippen molar-refractivity contribution in [2.75, 3.05) is 0 Å². The van der Waals surface area contributed by atoms with Crippen LogP contribution in [0.25, 0.3) is 104 Å². The molecule has 2 heteroatoms. The van der Waals surface area contributed by atoms with E-state index in [1.165, 1.54) is 98.3 Å².